The van der Waals surface area contributed by atoms with Crippen molar-refractivity contribution in [2.24, 2.45) is 11.3 Å². The molecule has 2 aliphatic rings. The van der Waals surface area contributed by atoms with Crippen LogP contribution in [0.5, 0.6) is 0 Å². The van der Waals surface area contributed by atoms with Gasteiger partial charge < -0.3 is 10.2 Å². The van der Waals surface area contributed by atoms with E-state index in [1.807, 2.05) is 6.92 Å². The number of Topliss-reactive ketones (excluding diaryl/α,β-unsaturated/α-hetero) is 1. The van der Waals surface area contributed by atoms with Gasteiger partial charge in [-0.15, -0.1) is 0 Å². The van der Waals surface area contributed by atoms with E-state index in [9.17, 15) is 15.0 Å². The van der Waals surface area contributed by atoms with E-state index in [2.05, 4.69) is 6.92 Å². The van der Waals surface area contributed by atoms with E-state index in [1.165, 1.54) is 5.57 Å². The van der Waals surface area contributed by atoms with E-state index in [-0.39, 0.29) is 23.7 Å². The minimum atomic E-state index is -1.03. The second-order valence-electron chi connectivity index (χ2n) is 6.54. The topological polar surface area (TPSA) is 57.5 Å². The number of hydrogen-bond donors (Lipinski definition) is 2. The highest BCUT2D eigenvalue weighted by atomic mass is 16.3. The molecule has 3 nitrogen and oxygen atoms in total. The molecule has 0 heterocycles. The van der Waals surface area contributed by atoms with Crippen LogP contribution in [0.3, 0.4) is 0 Å². The van der Waals surface area contributed by atoms with E-state index < -0.39 is 5.60 Å². The van der Waals surface area contributed by atoms with Gasteiger partial charge in [0, 0.05) is 6.42 Å². The van der Waals surface area contributed by atoms with Crippen LogP contribution >= 0.6 is 0 Å². The Morgan fingerprint density at radius 2 is 2.11 bits per heavy atom. The monoisotopic (exact) mass is 252 g/mol. The third kappa shape index (κ3) is 2.14. The fourth-order valence-electron chi connectivity index (χ4n) is 3.53. The van der Waals surface area contributed by atoms with Crippen molar-refractivity contribution in [3.63, 3.8) is 0 Å². The van der Waals surface area contributed by atoms with Gasteiger partial charge in [-0.05, 0) is 56.4 Å². The molecule has 0 aromatic carbocycles. The Labute approximate surface area is 109 Å². The maximum Gasteiger partial charge on any atom is 0.158 e. The average Bonchev–Trinajstić information content (AvgIpc) is 2.34. The number of rotatable bonds is 2. The van der Waals surface area contributed by atoms with Crippen LogP contribution in [0.15, 0.2) is 11.1 Å². The summed E-state index contributed by atoms with van der Waals surface area (Å²) in [6.07, 6.45) is 4.28. The van der Waals surface area contributed by atoms with Gasteiger partial charge in [-0.2, -0.15) is 0 Å². The Balaban J connectivity index is 2.30. The van der Waals surface area contributed by atoms with Crippen molar-refractivity contribution < 1.29 is 15.0 Å². The van der Waals surface area contributed by atoms with E-state index in [0.29, 0.717) is 6.42 Å². The van der Waals surface area contributed by atoms with Crippen LogP contribution in [-0.4, -0.2) is 28.2 Å². The van der Waals surface area contributed by atoms with Crippen LogP contribution in [0.1, 0.15) is 52.9 Å². The summed E-state index contributed by atoms with van der Waals surface area (Å²) >= 11 is 0. The fraction of sp³-hybridized carbons (Fsp3) is 0.800. The van der Waals surface area contributed by atoms with Crippen molar-refractivity contribution in [2.45, 2.75) is 58.5 Å². The molecule has 1 fully saturated rings. The van der Waals surface area contributed by atoms with Crippen molar-refractivity contribution in [1.82, 2.24) is 0 Å². The zero-order valence-corrected chi connectivity index (χ0v) is 11.6. The highest BCUT2D eigenvalue weighted by Gasteiger charge is 2.44. The van der Waals surface area contributed by atoms with Gasteiger partial charge in [0.25, 0.3) is 0 Å². The predicted octanol–water partition coefficient (Wildman–Crippen LogP) is 2.22. The lowest BCUT2D eigenvalue weighted by Gasteiger charge is -2.46. The summed E-state index contributed by atoms with van der Waals surface area (Å²) in [7, 11) is 0. The first kappa shape index (κ1) is 13.8. The van der Waals surface area contributed by atoms with Crippen LogP contribution in [0, 0.1) is 11.3 Å². The van der Waals surface area contributed by atoms with Gasteiger partial charge in [-0.1, -0.05) is 12.5 Å². The van der Waals surface area contributed by atoms with E-state index >= 15 is 0 Å². The summed E-state index contributed by atoms with van der Waals surface area (Å²) in [6, 6.07) is 0. The molecule has 0 saturated heterocycles. The van der Waals surface area contributed by atoms with Gasteiger partial charge in [-0.25, -0.2) is 0 Å². The van der Waals surface area contributed by atoms with Gasteiger partial charge in [0.1, 0.15) is 0 Å². The molecule has 1 unspecified atom stereocenters. The highest BCUT2D eigenvalue weighted by molar-refractivity contribution is 5.96. The third-order valence-corrected chi connectivity index (χ3v) is 5.20. The molecule has 2 N–H and O–H groups in total. The van der Waals surface area contributed by atoms with Gasteiger partial charge in [0.2, 0.25) is 0 Å². The molecule has 0 amide bonds. The number of aliphatic hydroxyl groups excluding tert-OH is 1. The second kappa shape index (κ2) is 4.46. The van der Waals surface area contributed by atoms with Crippen molar-refractivity contribution >= 4 is 5.78 Å². The van der Waals surface area contributed by atoms with Crippen molar-refractivity contribution in [1.29, 1.82) is 0 Å². The lowest BCUT2D eigenvalue weighted by molar-refractivity contribution is -0.117. The Bertz CT molecular complexity index is 395. The van der Waals surface area contributed by atoms with Crippen LogP contribution in [0.2, 0.25) is 0 Å². The smallest absolute Gasteiger partial charge is 0.158 e. The molecule has 0 aliphatic heterocycles. The molecule has 102 valence electrons. The zero-order chi connectivity index (χ0) is 13.6. The second-order valence-corrected chi connectivity index (χ2v) is 6.54. The standard InChI is InChI=1S/C15H24O3/c1-10-12-8-11(15(3,18)9-16)4-6-14(12,2)7-5-13(10)17/h11,16,18H,4-9H2,1-3H3/t11-,14-,15?/m1/s1. The first-order valence-corrected chi connectivity index (χ1v) is 6.87. The Morgan fingerprint density at radius 1 is 1.44 bits per heavy atom. The number of aliphatic hydroxyl groups is 2. The van der Waals surface area contributed by atoms with E-state index in [1.54, 1.807) is 6.92 Å². The summed E-state index contributed by atoms with van der Waals surface area (Å²) in [5, 5.41) is 19.5. The largest absolute Gasteiger partial charge is 0.393 e. The first-order valence-electron chi connectivity index (χ1n) is 6.87. The predicted molar refractivity (Wildman–Crippen MR) is 70.1 cm³/mol. The van der Waals surface area contributed by atoms with Crippen molar-refractivity contribution in [3.8, 4) is 0 Å². The molecule has 0 aromatic rings. The number of hydrogen-bond acceptors (Lipinski definition) is 3. The third-order valence-electron chi connectivity index (χ3n) is 5.20. The maximum absolute atomic E-state index is 11.8. The van der Waals surface area contributed by atoms with Gasteiger partial charge in [0.15, 0.2) is 5.78 Å². The number of carbonyl (C=O) groups is 1. The SMILES string of the molecule is CC1=C2C[C@H](C(C)(O)CO)CC[C@]2(C)CCC1=O. The Kier molecular flexibility index (Phi) is 3.41. The summed E-state index contributed by atoms with van der Waals surface area (Å²) in [5.74, 6) is 0.318. The van der Waals surface area contributed by atoms with Crippen molar-refractivity contribution in [2.75, 3.05) is 6.61 Å². The fourth-order valence-corrected chi connectivity index (χ4v) is 3.53. The summed E-state index contributed by atoms with van der Waals surface area (Å²) < 4.78 is 0. The lowest BCUT2D eigenvalue weighted by Crippen LogP contribution is -2.44. The van der Waals surface area contributed by atoms with E-state index in [0.717, 1.165) is 31.3 Å². The summed E-state index contributed by atoms with van der Waals surface area (Å²) in [6.45, 7) is 5.64. The van der Waals surface area contributed by atoms with Crippen molar-refractivity contribution in [3.05, 3.63) is 11.1 Å². The normalized spacial score (nSPS) is 36.3. The molecule has 1 saturated carbocycles. The number of carbonyl (C=O) groups excluding carboxylic acids is 1. The van der Waals surface area contributed by atoms with E-state index in [4.69, 9.17) is 0 Å². The lowest BCUT2D eigenvalue weighted by atomic mass is 9.59. The molecular formula is C15H24O3. The Morgan fingerprint density at radius 3 is 2.72 bits per heavy atom. The first-order chi connectivity index (χ1) is 8.30. The number of allylic oxidation sites excluding steroid dienone is 2. The van der Waals surface area contributed by atoms with Crippen LogP contribution in [-0.2, 0) is 4.79 Å². The molecule has 18 heavy (non-hydrogen) atoms. The summed E-state index contributed by atoms with van der Waals surface area (Å²) in [4.78, 5) is 11.8. The molecule has 2 aliphatic carbocycles. The van der Waals surface area contributed by atoms with Gasteiger partial charge >= 0.3 is 0 Å². The number of ketones is 1. The molecule has 2 rings (SSSR count). The minimum absolute atomic E-state index is 0.0615. The number of fused-ring (bicyclic) bond motifs is 1. The Hall–Kier alpha value is -0.670. The quantitative estimate of drug-likeness (QED) is 0.792. The molecule has 0 aromatic heterocycles. The summed E-state index contributed by atoms with van der Waals surface area (Å²) in [5.41, 5.74) is 1.24. The highest BCUT2D eigenvalue weighted by Crippen LogP contribution is 2.51. The zero-order valence-electron chi connectivity index (χ0n) is 11.6. The van der Waals surface area contributed by atoms with Gasteiger partial charge in [0.05, 0.1) is 12.2 Å². The molecule has 3 atom stereocenters. The van der Waals surface area contributed by atoms with Crippen LogP contribution in [0.25, 0.3) is 0 Å². The van der Waals surface area contributed by atoms with Crippen LogP contribution < -0.4 is 0 Å². The molecule has 3 heteroatoms. The molecule has 0 spiro atoms. The van der Waals surface area contributed by atoms with Crippen LogP contribution in [0.4, 0.5) is 0 Å². The molecule has 0 bridgehead atoms. The maximum atomic E-state index is 11.8. The molecular weight excluding hydrogens is 228 g/mol. The minimum Gasteiger partial charge on any atom is -0.393 e. The van der Waals surface area contributed by atoms with Gasteiger partial charge in [-0.3, -0.25) is 4.79 Å². The molecule has 0 radical (unpaired) electrons. The average molecular weight is 252 g/mol.